The van der Waals surface area contributed by atoms with Crippen molar-refractivity contribution in [3.05, 3.63) is 88.3 Å². The number of nitrogens with zero attached hydrogens (tertiary/aromatic N) is 3. The predicted octanol–water partition coefficient (Wildman–Crippen LogP) is 2.86. The van der Waals surface area contributed by atoms with Crippen LogP contribution in [0, 0.1) is 16.0 Å². The van der Waals surface area contributed by atoms with Gasteiger partial charge in [-0.3, -0.25) is 39.2 Å². The summed E-state index contributed by atoms with van der Waals surface area (Å²) >= 11 is 0. The minimum atomic E-state index is -1.00. The fraction of sp³-hybridized carbons (Fsp3) is 0.389. The van der Waals surface area contributed by atoms with E-state index in [9.17, 15) is 38.9 Å². The van der Waals surface area contributed by atoms with Crippen LogP contribution in [0.25, 0.3) is 0 Å². The van der Waals surface area contributed by atoms with Crippen molar-refractivity contribution in [1.29, 1.82) is 0 Å². The van der Waals surface area contributed by atoms with Gasteiger partial charge in [-0.25, -0.2) is 9.59 Å². The molecular formula is C36H45N9O10. The number of carbonyl (C=O) groups is 6. The third-order valence-corrected chi connectivity index (χ3v) is 8.53. The molecule has 19 nitrogen and oxygen atoms in total. The molecule has 0 aromatic heterocycles. The summed E-state index contributed by atoms with van der Waals surface area (Å²) in [6.45, 7) is 4.31. The van der Waals surface area contributed by atoms with Gasteiger partial charge < -0.3 is 36.6 Å². The number of hydrazine groups is 2. The molecule has 0 fully saturated rings. The number of primary amides is 1. The lowest BCUT2D eigenvalue weighted by atomic mass is 10.0. The number of amides is 6. The second-order valence-electron chi connectivity index (χ2n) is 13.0. The van der Waals surface area contributed by atoms with Crippen molar-refractivity contribution in [3.8, 4) is 5.75 Å². The van der Waals surface area contributed by atoms with Gasteiger partial charge in [-0.15, -0.1) is 5.53 Å². The van der Waals surface area contributed by atoms with E-state index in [1.54, 1.807) is 35.5 Å². The Kier molecular flexibility index (Phi) is 15.1. The van der Waals surface area contributed by atoms with E-state index >= 15 is 0 Å². The van der Waals surface area contributed by atoms with Gasteiger partial charge in [0.1, 0.15) is 18.4 Å². The zero-order chi connectivity index (χ0) is 39.9. The van der Waals surface area contributed by atoms with Crippen LogP contribution in [0.4, 0.5) is 21.0 Å². The number of nitro groups is 1. The molecule has 6 amide bonds. The van der Waals surface area contributed by atoms with Crippen molar-refractivity contribution in [1.82, 2.24) is 31.5 Å². The molecule has 2 heterocycles. The van der Waals surface area contributed by atoms with Crippen molar-refractivity contribution >= 4 is 47.2 Å². The summed E-state index contributed by atoms with van der Waals surface area (Å²) in [6, 6.07) is 9.65. The first kappa shape index (κ1) is 41.3. The maximum absolute atomic E-state index is 13.6. The second kappa shape index (κ2) is 20.1. The number of non-ortho nitro benzene ring substituents is 1. The Morgan fingerprint density at radius 3 is 2.27 bits per heavy atom. The van der Waals surface area contributed by atoms with Gasteiger partial charge in [0, 0.05) is 55.7 Å². The van der Waals surface area contributed by atoms with Gasteiger partial charge in [0.2, 0.25) is 11.8 Å². The number of carbonyl (C=O) groups excluding carboxylic acids is 6. The van der Waals surface area contributed by atoms with Gasteiger partial charge in [-0.2, -0.15) is 0 Å². The maximum atomic E-state index is 13.6. The highest BCUT2D eigenvalue weighted by atomic mass is 16.7. The van der Waals surface area contributed by atoms with E-state index < -0.39 is 29.2 Å². The minimum Gasteiger partial charge on any atom is -0.429 e. The summed E-state index contributed by atoms with van der Waals surface area (Å²) in [5, 5.41) is 20.8. The van der Waals surface area contributed by atoms with Gasteiger partial charge in [0.15, 0.2) is 0 Å². The third-order valence-electron chi connectivity index (χ3n) is 8.53. The average Bonchev–Trinajstić information content (AvgIpc) is 3.75. The summed E-state index contributed by atoms with van der Waals surface area (Å²) < 4.78 is 10.2. The molecule has 2 atom stereocenters. The number of urea groups is 1. The summed E-state index contributed by atoms with van der Waals surface area (Å²) in [4.78, 5) is 84.7. The molecule has 0 aliphatic carbocycles. The van der Waals surface area contributed by atoms with Crippen LogP contribution < -0.4 is 37.4 Å². The standard InChI is InChI=1S/C36H45N9O10/c1-23(2)33(40-30(46)8-4-3-5-20-43-31(47)17-18-32(43)48)28-21-44(42-41-28)29(7-6-19-38-35(37)50)34(49)39-25-11-9-24(10-12-25)22-54-36(51)55-27-15-13-26(14-16-27)45(52)53/h9-18,21,23,29,33,41-42H,3-8,19-20,22H2,1-2H3,(H,39,49)(H,40,46)(H3,37,38,50)/t29-,33-/m0/s1. The van der Waals surface area contributed by atoms with E-state index in [2.05, 4.69) is 26.9 Å². The second-order valence-corrected chi connectivity index (χ2v) is 13.0. The van der Waals surface area contributed by atoms with Gasteiger partial charge in [-0.05, 0) is 61.4 Å². The van der Waals surface area contributed by atoms with Crippen LogP contribution in [-0.2, 0) is 30.5 Å². The number of nitrogens with one attached hydrogen (secondary N) is 5. The molecule has 0 unspecified atom stereocenters. The number of ether oxygens (including phenoxy) is 2. The number of nitro benzene ring substituents is 1. The molecule has 2 aromatic carbocycles. The zero-order valence-electron chi connectivity index (χ0n) is 30.4. The van der Waals surface area contributed by atoms with E-state index in [4.69, 9.17) is 15.2 Å². The summed E-state index contributed by atoms with van der Waals surface area (Å²) in [7, 11) is 0. The van der Waals surface area contributed by atoms with E-state index in [1.165, 1.54) is 41.3 Å². The molecule has 2 aromatic rings. The fourth-order valence-electron chi connectivity index (χ4n) is 5.62. The molecule has 0 saturated carbocycles. The van der Waals surface area contributed by atoms with Crippen LogP contribution in [0.1, 0.15) is 57.9 Å². The lowest BCUT2D eigenvalue weighted by Crippen LogP contribution is -2.50. The van der Waals surface area contributed by atoms with Crippen molar-refractivity contribution < 1.29 is 43.2 Å². The van der Waals surface area contributed by atoms with E-state index in [0.717, 1.165) is 0 Å². The number of imide groups is 1. The van der Waals surface area contributed by atoms with Crippen LogP contribution >= 0.6 is 0 Å². The molecule has 0 saturated heterocycles. The lowest BCUT2D eigenvalue weighted by molar-refractivity contribution is -0.384. The van der Waals surface area contributed by atoms with Gasteiger partial charge in [0.25, 0.3) is 17.5 Å². The Balaban J connectivity index is 1.30. The van der Waals surface area contributed by atoms with Crippen LogP contribution in [0.3, 0.4) is 0 Å². The highest BCUT2D eigenvalue weighted by molar-refractivity contribution is 6.12. The number of hydrogen-bond donors (Lipinski definition) is 6. The Morgan fingerprint density at radius 2 is 1.64 bits per heavy atom. The Bertz CT molecular complexity index is 1760. The fourth-order valence-corrected chi connectivity index (χ4v) is 5.62. The molecule has 2 aliphatic heterocycles. The first-order chi connectivity index (χ1) is 26.3. The largest absolute Gasteiger partial charge is 0.514 e. The van der Waals surface area contributed by atoms with Crippen molar-refractivity contribution in [2.45, 2.75) is 71.1 Å². The summed E-state index contributed by atoms with van der Waals surface area (Å²) in [6.07, 6.45) is 5.99. The quantitative estimate of drug-likeness (QED) is 0.0284. The molecular weight excluding hydrogens is 718 g/mol. The van der Waals surface area contributed by atoms with Crippen LogP contribution in [0.2, 0.25) is 0 Å². The molecule has 0 bridgehead atoms. The van der Waals surface area contributed by atoms with Crippen molar-refractivity contribution in [2.75, 3.05) is 18.4 Å². The summed E-state index contributed by atoms with van der Waals surface area (Å²) in [5.41, 5.74) is 12.8. The smallest absolute Gasteiger partial charge is 0.429 e. The molecule has 294 valence electrons. The van der Waals surface area contributed by atoms with Crippen molar-refractivity contribution in [2.24, 2.45) is 11.7 Å². The molecule has 4 rings (SSSR count). The van der Waals surface area contributed by atoms with E-state index in [1.807, 2.05) is 13.8 Å². The topological polar surface area (TPSA) is 257 Å². The molecule has 7 N–H and O–H groups in total. The molecule has 0 spiro atoms. The monoisotopic (exact) mass is 763 g/mol. The Labute approximate surface area is 316 Å². The first-order valence-corrected chi connectivity index (χ1v) is 17.7. The first-order valence-electron chi connectivity index (χ1n) is 17.7. The van der Waals surface area contributed by atoms with Gasteiger partial charge in [0.05, 0.1) is 16.7 Å². The van der Waals surface area contributed by atoms with Gasteiger partial charge >= 0.3 is 12.2 Å². The SMILES string of the molecule is CC(C)[C@H](NC(=O)CCCCCN1C(=O)C=CC1=O)C1=CN([C@@H](CCCNC(N)=O)C(=O)Nc2ccc(COC(=O)Oc3ccc([N+](=O)[O-])cc3)cc2)NN1. The molecule has 2 aliphatic rings. The van der Waals surface area contributed by atoms with E-state index in [-0.39, 0.29) is 60.6 Å². The van der Waals surface area contributed by atoms with Crippen LogP contribution in [0.5, 0.6) is 5.75 Å². The number of unbranched alkanes of at least 4 members (excludes halogenated alkanes) is 2. The Morgan fingerprint density at radius 1 is 0.945 bits per heavy atom. The third kappa shape index (κ3) is 12.8. The maximum Gasteiger partial charge on any atom is 0.514 e. The number of rotatable bonds is 20. The predicted molar refractivity (Wildman–Crippen MR) is 197 cm³/mol. The van der Waals surface area contributed by atoms with E-state index in [0.29, 0.717) is 55.6 Å². The molecule has 55 heavy (non-hydrogen) atoms. The number of anilines is 1. The van der Waals surface area contributed by atoms with Gasteiger partial charge in [-0.1, -0.05) is 32.4 Å². The minimum absolute atomic E-state index is 0.0251. The normalized spacial score (nSPS) is 14.6. The highest BCUT2D eigenvalue weighted by Gasteiger charge is 2.31. The van der Waals surface area contributed by atoms with Crippen molar-refractivity contribution in [3.63, 3.8) is 0 Å². The van der Waals surface area contributed by atoms with Crippen LogP contribution in [0.15, 0.2) is 72.6 Å². The Hall–Kier alpha value is -6.50. The lowest BCUT2D eigenvalue weighted by Gasteiger charge is -2.26. The summed E-state index contributed by atoms with van der Waals surface area (Å²) in [5.74, 6) is -1.14. The number of benzene rings is 2. The highest BCUT2D eigenvalue weighted by Crippen LogP contribution is 2.21. The zero-order valence-corrected chi connectivity index (χ0v) is 30.4. The van der Waals surface area contributed by atoms with Crippen LogP contribution in [-0.4, -0.2) is 75.8 Å². The molecule has 0 radical (unpaired) electrons. The number of hydrogen-bond acceptors (Lipinski definition) is 13. The number of nitrogens with two attached hydrogens (primary N) is 1. The molecule has 19 heteroatoms. The average molecular weight is 764 g/mol.